The maximum absolute atomic E-state index is 9.86. The first-order valence-electron chi connectivity index (χ1n) is 5.31. The van der Waals surface area contributed by atoms with Crippen LogP contribution in [0.3, 0.4) is 0 Å². The van der Waals surface area contributed by atoms with E-state index in [1.165, 1.54) is 0 Å². The fourth-order valence-electron chi connectivity index (χ4n) is 1.99. The van der Waals surface area contributed by atoms with E-state index in [0.29, 0.717) is 0 Å². The third kappa shape index (κ3) is 2.33. The van der Waals surface area contributed by atoms with Gasteiger partial charge in [-0.15, -0.1) is 0 Å². The van der Waals surface area contributed by atoms with Gasteiger partial charge in [-0.1, -0.05) is 36.7 Å². The molecular formula is C12H16ClNO. The van der Waals surface area contributed by atoms with Crippen molar-refractivity contribution in [1.82, 2.24) is 4.90 Å². The van der Waals surface area contributed by atoms with Crippen molar-refractivity contribution >= 4 is 11.6 Å². The summed E-state index contributed by atoms with van der Waals surface area (Å²) in [6.45, 7) is 4.37. The van der Waals surface area contributed by atoms with Gasteiger partial charge < -0.3 is 5.11 Å². The normalized spacial score (nSPS) is 19.9. The first kappa shape index (κ1) is 10.9. The SMILES string of the molecule is CCC1(O)CN(Cc2ccccc2Cl)C1. The number of hydrogen-bond donors (Lipinski definition) is 1. The predicted molar refractivity (Wildman–Crippen MR) is 62.0 cm³/mol. The molecule has 1 saturated heterocycles. The van der Waals surface area contributed by atoms with E-state index in [9.17, 15) is 5.11 Å². The van der Waals surface area contributed by atoms with Crippen molar-refractivity contribution in [2.75, 3.05) is 13.1 Å². The summed E-state index contributed by atoms with van der Waals surface area (Å²) in [5.41, 5.74) is 0.679. The lowest BCUT2D eigenvalue weighted by Crippen LogP contribution is -2.60. The van der Waals surface area contributed by atoms with E-state index < -0.39 is 5.60 Å². The molecule has 82 valence electrons. The van der Waals surface area contributed by atoms with Crippen molar-refractivity contribution in [2.24, 2.45) is 0 Å². The van der Waals surface area contributed by atoms with E-state index in [2.05, 4.69) is 4.90 Å². The maximum Gasteiger partial charge on any atom is 0.0897 e. The maximum atomic E-state index is 9.86. The Bertz CT molecular complexity index is 347. The second kappa shape index (κ2) is 4.12. The van der Waals surface area contributed by atoms with E-state index in [1.54, 1.807) is 0 Å². The minimum absolute atomic E-state index is 0.457. The van der Waals surface area contributed by atoms with Gasteiger partial charge in [0.05, 0.1) is 5.60 Å². The van der Waals surface area contributed by atoms with Gasteiger partial charge in [0.25, 0.3) is 0 Å². The Morgan fingerprint density at radius 3 is 2.67 bits per heavy atom. The lowest BCUT2D eigenvalue weighted by molar-refractivity contribution is -0.103. The Kier molecular flexibility index (Phi) is 3.01. The third-order valence-corrected chi connectivity index (χ3v) is 3.41. The summed E-state index contributed by atoms with van der Waals surface area (Å²) in [7, 11) is 0. The van der Waals surface area contributed by atoms with Crippen molar-refractivity contribution in [2.45, 2.75) is 25.5 Å². The van der Waals surface area contributed by atoms with Crippen LogP contribution in [0.25, 0.3) is 0 Å². The average Bonchev–Trinajstić information content (AvgIpc) is 2.18. The molecule has 3 heteroatoms. The number of rotatable bonds is 3. The molecular weight excluding hydrogens is 210 g/mol. The molecule has 2 nitrogen and oxygen atoms in total. The van der Waals surface area contributed by atoms with Gasteiger partial charge in [0.15, 0.2) is 0 Å². The van der Waals surface area contributed by atoms with Gasteiger partial charge in [0.1, 0.15) is 0 Å². The quantitative estimate of drug-likeness (QED) is 0.854. The standard InChI is InChI=1S/C12H16ClNO/c1-2-12(15)8-14(9-12)7-10-5-3-4-6-11(10)13/h3-6,15H,2,7-9H2,1H3. The summed E-state index contributed by atoms with van der Waals surface area (Å²) in [5.74, 6) is 0. The van der Waals surface area contributed by atoms with Crippen LogP contribution in [0.1, 0.15) is 18.9 Å². The minimum Gasteiger partial charge on any atom is -0.387 e. The molecule has 1 aromatic rings. The van der Waals surface area contributed by atoms with Crippen LogP contribution in [0.5, 0.6) is 0 Å². The van der Waals surface area contributed by atoms with Gasteiger partial charge in [-0.05, 0) is 18.1 Å². The number of benzene rings is 1. The fourth-order valence-corrected chi connectivity index (χ4v) is 2.18. The summed E-state index contributed by atoms with van der Waals surface area (Å²) in [6, 6.07) is 7.87. The highest BCUT2D eigenvalue weighted by atomic mass is 35.5. The van der Waals surface area contributed by atoms with E-state index >= 15 is 0 Å². The van der Waals surface area contributed by atoms with Gasteiger partial charge in [0.2, 0.25) is 0 Å². The molecule has 0 bridgehead atoms. The van der Waals surface area contributed by atoms with Crippen LogP contribution in [0.4, 0.5) is 0 Å². The number of β-amino-alcohol motifs (C(OH)–C–C–N with tert-alkyl or cyclic N) is 1. The first-order chi connectivity index (χ1) is 7.13. The summed E-state index contributed by atoms with van der Waals surface area (Å²) < 4.78 is 0. The molecule has 0 saturated carbocycles. The Labute approximate surface area is 95.5 Å². The zero-order valence-electron chi connectivity index (χ0n) is 8.91. The van der Waals surface area contributed by atoms with Gasteiger partial charge in [-0.2, -0.15) is 0 Å². The number of nitrogens with zero attached hydrogens (tertiary/aromatic N) is 1. The lowest BCUT2D eigenvalue weighted by atomic mass is 9.91. The molecule has 1 heterocycles. The zero-order valence-corrected chi connectivity index (χ0v) is 9.67. The molecule has 1 aliphatic heterocycles. The van der Waals surface area contributed by atoms with Crippen LogP contribution >= 0.6 is 11.6 Å². The van der Waals surface area contributed by atoms with Gasteiger partial charge >= 0.3 is 0 Å². The van der Waals surface area contributed by atoms with E-state index in [-0.39, 0.29) is 0 Å². The molecule has 0 unspecified atom stereocenters. The van der Waals surface area contributed by atoms with Crippen LogP contribution < -0.4 is 0 Å². The number of aliphatic hydroxyl groups is 1. The highest BCUT2D eigenvalue weighted by Gasteiger charge is 2.39. The Morgan fingerprint density at radius 2 is 2.07 bits per heavy atom. The molecule has 0 atom stereocenters. The van der Waals surface area contributed by atoms with E-state index in [1.807, 2.05) is 31.2 Å². The molecule has 1 aromatic carbocycles. The van der Waals surface area contributed by atoms with Crippen LogP contribution in [-0.2, 0) is 6.54 Å². The molecule has 1 aliphatic rings. The van der Waals surface area contributed by atoms with Crippen molar-refractivity contribution in [3.05, 3.63) is 34.9 Å². The Morgan fingerprint density at radius 1 is 1.40 bits per heavy atom. The highest BCUT2D eigenvalue weighted by molar-refractivity contribution is 6.31. The van der Waals surface area contributed by atoms with Gasteiger partial charge in [0, 0.05) is 24.7 Å². The largest absolute Gasteiger partial charge is 0.387 e. The molecule has 0 aliphatic carbocycles. The van der Waals surface area contributed by atoms with Gasteiger partial charge in [-0.25, -0.2) is 0 Å². The second-order valence-electron chi connectivity index (χ2n) is 4.31. The lowest BCUT2D eigenvalue weighted by Gasteiger charge is -2.46. The first-order valence-corrected chi connectivity index (χ1v) is 5.69. The molecule has 2 rings (SSSR count). The number of halogens is 1. The highest BCUT2D eigenvalue weighted by Crippen LogP contribution is 2.27. The topological polar surface area (TPSA) is 23.5 Å². The molecule has 0 aromatic heterocycles. The van der Waals surface area contributed by atoms with Crippen molar-refractivity contribution in [3.63, 3.8) is 0 Å². The van der Waals surface area contributed by atoms with E-state index in [4.69, 9.17) is 11.6 Å². The molecule has 1 N–H and O–H groups in total. The summed E-state index contributed by atoms with van der Waals surface area (Å²) >= 11 is 6.07. The monoisotopic (exact) mass is 225 g/mol. The number of likely N-dealkylation sites (tertiary alicyclic amines) is 1. The molecule has 0 radical (unpaired) electrons. The summed E-state index contributed by atoms with van der Waals surface area (Å²) in [5, 5.41) is 10.7. The van der Waals surface area contributed by atoms with Crippen LogP contribution in [0.2, 0.25) is 5.02 Å². The van der Waals surface area contributed by atoms with Crippen LogP contribution in [0.15, 0.2) is 24.3 Å². The predicted octanol–water partition coefficient (Wildman–Crippen LogP) is 2.30. The summed E-state index contributed by atoms with van der Waals surface area (Å²) in [4.78, 5) is 2.21. The third-order valence-electron chi connectivity index (χ3n) is 3.05. The van der Waals surface area contributed by atoms with Crippen molar-refractivity contribution in [1.29, 1.82) is 0 Å². The number of hydrogen-bond acceptors (Lipinski definition) is 2. The molecule has 1 fully saturated rings. The Balaban J connectivity index is 1.93. The van der Waals surface area contributed by atoms with Crippen LogP contribution in [-0.4, -0.2) is 28.7 Å². The zero-order chi connectivity index (χ0) is 10.9. The Hall–Kier alpha value is -0.570. The summed E-state index contributed by atoms with van der Waals surface area (Å²) in [6.07, 6.45) is 0.825. The minimum atomic E-state index is -0.457. The molecule has 15 heavy (non-hydrogen) atoms. The van der Waals surface area contributed by atoms with Crippen molar-refractivity contribution < 1.29 is 5.11 Å². The smallest absolute Gasteiger partial charge is 0.0897 e. The van der Waals surface area contributed by atoms with Gasteiger partial charge in [-0.3, -0.25) is 4.90 Å². The molecule has 0 spiro atoms. The molecule has 0 amide bonds. The van der Waals surface area contributed by atoms with E-state index in [0.717, 1.165) is 36.6 Å². The van der Waals surface area contributed by atoms with Crippen molar-refractivity contribution in [3.8, 4) is 0 Å². The average molecular weight is 226 g/mol. The fraction of sp³-hybridized carbons (Fsp3) is 0.500. The second-order valence-corrected chi connectivity index (χ2v) is 4.72. The van der Waals surface area contributed by atoms with Crippen LogP contribution in [0, 0.1) is 0 Å².